The smallest absolute Gasteiger partial charge is 0.223 e. The molecule has 0 aliphatic carbocycles. The van der Waals surface area contributed by atoms with Crippen molar-refractivity contribution in [3.63, 3.8) is 0 Å². The first-order valence-corrected chi connectivity index (χ1v) is 6.13. The van der Waals surface area contributed by atoms with Gasteiger partial charge in [-0.15, -0.1) is 0 Å². The van der Waals surface area contributed by atoms with Crippen molar-refractivity contribution < 1.29 is 14.3 Å². The van der Waals surface area contributed by atoms with E-state index >= 15 is 0 Å². The second-order valence-electron chi connectivity index (χ2n) is 5.39. The van der Waals surface area contributed by atoms with Crippen LogP contribution in [0.5, 0.6) is 0 Å². The lowest BCUT2D eigenvalue weighted by atomic mass is 9.90. The highest BCUT2D eigenvalue weighted by Gasteiger charge is 2.34. The molecule has 92 valence electrons. The van der Waals surface area contributed by atoms with Gasteiger partial charge in [0, 0.05) is 12.1 Å². The first-order chi connectivity index (χ1) is 7.55. The summed E-state index contributed by atoms with van der Waals surface area (Å²) in [6, 6.07) is 0. The third kappa shape index (κ3) is 3.19. The Morgan fingerprint density at radius 1 is 1.44 bits per heavy atom. The summed E-state index contributed by atoms with van der Waals surface area (Å²) in [5.41, 5.74) is -0.158. The van der Waals surface area contributed by atoms with Crippen LogP contribution in [0.3, 0.4) is 0 Å². The third-order valence-corrected chi connectivity index (χ3v) is 3.11. The Kier molecular flexibility index (Phi) is 3.50. The summed E-state index contributed by atoms with van der Waals surface area (Å²) in [6.45, 7) is 4.84. The highest BCUT2D eigenvalue weighted by Crippen LogP contribution is 2.25. The maximum atomic E-state index is 11.5. The van der Waals surface area contributed by atoms with Gasteiger partial charge < -0.3 is 14.8 Å². The molecule has 2 aliphatic heterocycles. The van der Waals surface area contributed by atoms with Crippen molar-refractivity contribution in [2.75, 3.05) is 6.61 Å². The molecular formula is C12H21NO3. The van der Waals surface area contributed by atoms with E-state index in [0.717, 1.165) is 32.3 Å². The van der Waals surface area contributed by atoms with Crippen molar-refractivity contribution in [2.24, 2.45) is 0 Å². The van der Waals surface area contributed by atoms with Gasteiger partial charge in [-0.3, -0.25) is 4.79 Å². The van der Waals surface area contributed by atoms with E-state index in [1.54, 1.807) is 0 Å². The monoisotopic (exact) mass is 227 g/mol. The fourth-order valence-electron chi connectivity index (χ4n) is 2.46. The first-order valence-electron chi connectivity index (χ1n) is 6.13. The summed E-state index contributed by atoms with van der Waals surface area (Å²) in [4.78, 5) is 11.5. The average Bonchev–Trinajstić information content (AvgIpc) is 2.15. The van der Waals surface area contributed by atoms with Gasteiger partial charge in [-0.1, -0.05) is 0 Å². The average molecular weight is 227 g/mol. The number of amides is 1. The van der Waals surface area contributed by atoms with E-state index in [-0.39, 0.29) is 23.8 Å². The topological polar surface area (TPSA) is 47.6 Å². The van der Waals surface area contributed by atoms with Gasteiger partial charge in [-0.25, -0.2) is 0 Å². The fourth-order valence-corrected chi connectivity index (χ4v) is 2.46. The molecule has 1 amide bonds. The van der Waals surface area contributed by atoms with Gasteiger partial charge in [0.15, 0.2) is 6.29 Å². The summed E-state index contributed by atoms with van der Waals surface area (Å²) >= 11 is 0. The highest BCUT2D eigenvalue weighted by atomic mass is 16.7. The molecule has 1 N–H and O–H groups in total. The summed E-state index contributed by atoms with van der Waals surface area (Å²) in [5.74, 6) is 0.0806. The second kappa shape index (κ2) is 4.72. The van der Waals surface area contributed by atoms with E-state index < -0.39 is 0 Å². The lowest BCUT2D eigenvalue weighted by Crippen LogP contribution is -2.52. The van der Waals surface area contributed by atoms with Gasteiger partial charge in [0.05, 0.1) is 12.5 Å². The van der Waals surface area contributed by atoms with Crippen LogP contribution in [0, 0.1) is 0 Å². The molecule has 16 heavy (non-hydrogen) atoms. The zero-order chi connectivity index (χ0) is 11.6. The van der Waals surface area contributed by atoms with E-state index in [4.69, 9.17) is 9.47 Å². The number of piperidine rings is 1. The van der Waals surface area contributed by atoms with Crippen molar-refractivity contribution in [2.45, 2.75) is 63.9 Å². The van der Waals surface area contributed by atoms with Crippen LogP contribution >= 0.6 is 0 Å². The molecule has 2 unspecified atom stereocenters. The van der Waals surface area contributed by atoms with Gasteiger partial charge in [0.1, 0.15) is 0 Å². The normalized spacial score (nSPS) is 34.5. The fraction of sp³-hybridized carbons (Fsp3) is 0.917. The molecule has 2 fully saturated rings. The molecule has 4 nitrogen and oxygen atoms in total. The van der Waals surface area contributed by atoms with Crippen molar-refractivity contribution in [1.82, 2.24) is 5.32 Å². The standard InChI is InChI=1S/C12H21NO3/c1-12(2)8-9(7-10(14)13-12)16-11-5-3-4-6-15-11/h9,11H,3-8H2,1-2H3,(H,13,14). The molecule has 2 rings (SSSR count). The lowest BCUT2D eigenvalue weighted by molar-refractivity contribution is -0.197. The Morgan fingerprint density at radius 2 is 2.25 bits per heavy atom. The molecule has 0 bridgehead atoms. The maximum Gasteiger partial charge on any atom is 0.223 e. The van der Waals surface area contributed by atoms with Gasteiger partial charge in [-0.2, -0.15) is 0 Å². The van der Waals surface area contributed by atoms with Crippen molar-refractivity contribution >= 4 is 5.91 Å². The zero-order valence-corrected chi connectivity index (χ0v) is 10.1. The Labute approximate surface area is 96.7 Å². The van der Waals surface area contributed by atoms with Crippen LogP contribution in [0.2, 0.25) is 0 Å². The number of carbonyl (C=O) groups is 1. The van der Waals surface area contributed by atoms with Gasteiger partial charge >= 0.3 is 0 Å². The zero-order valence-electron chi connectivity index (χ0n) is 10.1. The Hall–Kier alpha value is -0.610. The van der Waals surface area contributed by atoms with Crippen LogP contribution in [0.25, 0.3) is 0 Å². The molecule has 2 saturated heterocycles. The first kappa shape index (κ1) is 11.9. The van der Waals surface area contributed by atoms with Gasteiger partial charge in [-0.05, 0) is 39.5 Å². The Bertz CT molecular complexity index is 259. The maximum absolute atomic E-state index is 11.5. The highest BCUT2D eigenvalue weighted by molar-refractivity contribution is 5.78. The van der Waals surface area contributed by atoms with Crippen LogP contribution in [0.1, 0.15) is 46.0 Å². The van der Waals surface area contributed by atoms with E-state index in [2.05, 4.69) is 5.32 Å². The number of carbonyl (C=O) groups excluding carboxylic acids is 1. The molecule has 4 heteroatoms. The van der Waals surface area contributed by atoms with Crippen molar-refractivity contribution in [3.05, 3.63) is 0 Å². The lowest BCUT2D eigenvalue weighted by Gasteiger charge is -2.37. The molecule has 0 aromatic heterocycles. The number of ether oxygens (including phenoxy) is 2. The van der Waals surface area contributed by atoms with Crippen molar-refractivity contribution in [3.8, 4) is 0 Å². The molecular weight excluding hydrogens is 206 g/mol. The van der Waals surface area contributed by atoms with Gasteiger partial charge in [0.25, 0.3) is 0 Å². The minimum atomic E-state index is -0.158. The third-order valence-electron chi connectivity index (χ3n) is 3.11. The minimum Gasteiger partial charge on any atom is -0.353 e. The largest absolute Gasteiger partial charge is 0.353 e. The minimum absolute atomic E-state index is 0.00634. The molecule has 0 aromatic carbocycles. The number of nitrogens with one attached hydrogen (secondary N) is 1. The van der Waals surface area contributed by atoms with Crippen LogP contribution in [0.4, 0.5) is 0 Å². The summed E-state index contributed by atoms with van der Waals surface area (Å²) in [5, 5.41) is 2.96. The van der Waals surface area contributed by atoms with Crippen LogP contribution in [-0.2, 0) is 14.3 Å². The van der Waals surface area contributed by atoms with E-state index in [0.29, 0.717) is 6.42 Å². The molecule has 0 radical (unpaired) electrons. The van der Waals surface area contributed by atoms with E-state index in [1.807, 2.05) is 13.8 Å². The summed E-state index contributed by atoms with van der Waals surface area (Å²) < 4.78 is 11.4. The summed E-state index contributed by atoms with van der Waals surface area (Å²) in [7, 11) is 0. The molecule has 2 heterocycles. The molecule has 0 aromatic rings. The quantitative estimate of drug-likeness (QED) is 0.779. The van der Waals surface area contributed by atoms with Gasteiger partial charge in [0.2, 0.25) is 5.91 Å². The van der Waals surface area contributed by atoms with Crippen molar-refractivity contribution in [1.29, 1.82) is 0 Å². The number of hydrogen-bond acceptors (Lipinski definition) is 3. The van der Waals surface area contributed by atoms with E-state index in [9.17, 15) is 4.79 Å². The van der Waals surface area contributed by atoms with Crippen LogP contribution in [0.15, 0.2) is 0 Å². The Balaban J connectivity index is 1.86. The van der Waals surface area contributed by atoms with Crippen LogP contribution in [-0.4, -0.2) is 30.4 Å². The molecule has 2 atom stereocenters. The number of rotatable bonds is 2. The Morgan fingerprint density at radius 3 is 2.88 bits per heavy atom. The SMILES string of the molecule is CC1(C)CC(OC2CCCCO2)CC(=O)N1. The molecule has 0 spiro atoms. The van der Waals surface area contributed by atoms with Crippen LogP contribution < -0.4 is 5.32 Å². The second-order valence-corrected chi connectivity index (χ2v) is 5.39. The molecule has 0 saturated carbocycles. The predicted molar refractivity (Wildman–Crippen MR) is 59.9 cm³/mol. The predicted octanol–water partition coefficient (Wildman–Crippen LogP) is 1.59. The summed E-state index contributed by atoms with van der Waals surface area (Å²) in [6.07, 6.45) is 4.47. The number of hydrogen-bond donors (Lipinski definition) is 1. The molecule has 2 aliphatic rings. The van der Waals surface area contributed by atoms with E-state index in [1.165, 1.54) is 0 Å².